The number of hydrogen-bond donors (Lipinski definition) is 0. The molecule has 25 heavy (non-hydrogen) atoms. The summed E-state index contributed by atoms with van der Waals surface area (Å²) >= 11 is 0. The van der Waals surface area contributed by atoms with Gasteiger partial charge in [0, 0.05) is 5.41 Å². The summed E-state index contributed by atoms with van der Waals surface area (Å²) in [5.41, 5.74) is 0.467. The second-order valence-electron chi connectivity index (χ2n) is 5.11. The summed E-state index contributed by atoms with van der Waals surface area (Å²) < 4.78 is 34.5. The average molecular weight is 363 g/mol. The number of para-hydroxylation sites is 1. The van der Waals surface area contributed by atoms with Crippen LogP contribution in [0.2, 0.25) is 0 Å². The van der Waals surface area contributed by atoms with Gasteiger partial charge in [-0.25, -0.2) is 8.42 Å². The van der Waals surface area contributed by atoms with E-state index in [9.17, 15) is 18.5 Å². The molecule has 0 amide bonds. The van der Waals surface area contributed by atoms with Gasteiger partial charge < -0.3 is 9.47 Å². The van der Waals surface area contributed by atoms with Crippen LogP contribution in [0.5, 0.6) is 11.5 Å². The maximum atomic E-state index is 12.2. The molecule has 0 N–H and O–H groups in total. The number of rotatable bonds is 7. The van der Waals surface area contributed by atoms with E-state index in [4.69, 9.17) is 9.47 Å². The molecule has 0 aliphatic heterocycles. The van der Waals surface area contributed by atoms with Crippen molar-refractivity contribution in [2.24, 2.45) is 0 Å². The number of benzene rings is 2. The Bertz CT molecular complexity index is 888. The fourth-order valence-corrected chi connectivity index (χ4v) is 3.32. The largest absolute Gasteiger partial charge is 0.497 e. The molecular formula is C17H17NO6S. The third-order valence-corrected chi connectivity index (χ3v) is 4.70. The van der Waals surface area contributed by atoms with Crippen molar-refractivity contribution >= 4 is 21.6 Å². The minimum Gasteiger partial charge on any atom is -0.497 e. The van der Waals surface area contributed by atoms with Crippen molar-refractivity contribution in [3.8, 4) is 11.5 Å². The van der Waals surface area contributed by atoms with Gasteiger partial charge in [0.1, 0.15) is 5.75 Å². The number of hydrogen-bond acceptors (Lipinski definition) is 6. The Morgan fingerprint density at radius 3 is 2.32 bits per heavy atom. The highest BCUT2D eigenvalue weighted by atomic mass is 32.2. The molecule has 0 unspecified atom stereocenters. The highest BCUT2D eigenvalue weighted by Gasteiger charge is 2.19. The standard InChI is InChI=1S/C17H17NO6S/c1-23-15-8-6-13(7-9-15)12-25(21,22)11-10-14-4-3-5-16(24-2)17(14)18(19)20/h3-11H,12H2,1-2H3. The molecule has 2 rings (SSSR count). The molecule has 132 valence electrons. The lowest BCUT2D eigenvalue weighted by molar-refractivity contribution is -0.386. The summed E-state index contributed by atoms with van der Waals surface area (Å²) in [6.45, 7) is 0. The predicted molar refractivity (Wildman–Crippen MR) is 94.3 cm³/mol. The number of nitro benzene ring substituents is 1. The summed E-state index contributed by atoms with van der Waals surface area (Å²) in [6, 6.07) is 11.1. The molecule has 2 aromatic rings. The minimum atomic E-state index is -3.60. The molecule has 0 fully saturated rings. The molecule has 0 bridgehead atoms. The van der Waals surface area contributed by atoms with Crippen molar-refractivity contribution in [2.75, 3.05) is 14.2 Å². The molecule has 0 saturated carbocycles. The van der Waals surface area contributed by atoms with Crippen LogP contribution in [0.25, 0.3) is 6.08 Å². The van der Waals surface area contributed by atoms with Gasteiger partial charge in [-0.3, -0.25) is 10.1 Å². The molecule has 0 heterocycles. The zero-order valence-electron chi connectivity index (χ0n) is 13.7. The van der Waals surface area contributed by atoms with Gasteiger partial charge in [-0.2, -0.15) is 0 Å². The summed E-state index contributed by atoms with van der Waals surface area (Å²) in [7, 11) is -0.760. The first-order chi connectivity index (χ1) is 11.9. The van der Waals surface area contributed by atoms with Gasteiger partial charge in [0.2, 0.25) is 0 Å². The van der Waals surface area contributed by atoms with Crippen LogP contribution >= 0.6 is 0 Å². The topological polar surface area (TPSA) is 95.7 Å². The lowest BCUT2D eigenvalue weighted by atomic mass is 10.1. The summed E-state index contributed by atoms with van der Waals surface area (Å²) in [5, 5.41) is 12.2. The summed E-state index contributed by atoms with van der Waals surface area (Å²) in [6.07, 6.45) is 1.21. The van der Waals surface area contributed by atoms with Gasteiger partial charge in [-0.05, 0) is 35.9 Å². The van der Waals surface area contributed by atoms with Gasteiger partial charge in [0.05, 0.1) is 30.5 Å². The third kappa shape index (κ3) is 4.80. The Kier molecular flexibility index (Phi) is 5.76. The maximum absolute atomic E-state index is 12.2. The molecule has 0 saturated heterocycles. The Morgan fingerprint density at radius 2 is 1.76 bits per heavy atom. The van der Waals surface area contributed by atoms with Crippen LogP contribution < -0.4 is 9.47 Å². The lowest BCUT2D eigenvalue weighted by Crippen LogP contribution is -2.00. The Labute approximate surface area is 145 Å². The first kappa shape index (κ1) is 18.5. The molecule has 0 radical (unpaired) electrons. The fraction of sp³-hybridized carbons (Fsp3) is 0.176. The number of sulfone groups is 1. The smallest absolute Gasteiger partial charge is 0.318 e. The monoisotopic (exact) mass is 363 g/mol. The number of ether oxygens (including phenoxy) is 2. The Balaban J connectivity index is 2.26. The van der Waals surface area contributed by atoms with Crippen LogP contribution in [-0.4, -0.2) is 27.6 Å². The third-order valence-electron chi connectivity index (χ3n) is 3.41. The van der Waals surface area contributed by atoms with E-state index in [-0.39, 0.29) is 22.8 Å². The van der Waals surface area contributed by atoms with Gasteiger partial charge in [-0.1, -0.05) is 18.2 Å². The highest BCUT2D eigenvalue weighted by molar-refractivity contribution is 7.93. The highest BCUT2D eigenvalue weighted by Crippen LogP contribution is 2.31. The summed E-state index contributed by atoms with van der Waals surface area (Å²) in [4.78, 5) is 10.6. The number of methoxy groups -OCH3 is 2. The van der Waals surface area contributed by atoms with E-state index in [1.165, 1.54) is 32.4 Å². The Hall–Kier alpha value is -2.87. The number of nitrogens with zero attached hydrogens (tertiary/aromatic N) is 1. The van der Waals surface area contributed by atoms with Crippen molar-refractivity contribution in [2.45, 2.75) is 5.75 Å². The van der Waals surface area contributed by atoms with Crippen LogP contribution in [0, 0.1) is 10.1 Å². The van der Waals surface area contributed by atoms with Crippen LogP contribution in [0.1, 0.15) is 11.1 Å². The average Bonchev–Trinajstić information content (AvgIpc) is 2.59. The zero-order valence-corrected chi connectivity index (χ0v) is 14.5. The normalized spacial score (nSPS) is 11.4. The molecule has 0 aliphatic rings. The van der Waals surface area contributed by atoms with E-state index < -0.39 is 14.8 Å². The SMILES string of the molecule is COc1ccc(CS(=O)(=O)C=Cc2cccc(OC)c2[N+](=O)[O-])cc1. The molecule has 7 nitrogen and oxygen atoms in total. The van der Waals surface area contributed by atoms with E-state index in [2.05, 4.69) is 0 Å². The molecular weight excluding hydrogens is 346 g/mol. The van der Waals surface area contributed by atoms with Gasteiger partial charge in [-0.15, -0.1) is 0 Å². The molecule has 0 atom stereocenters. The molecule has 0 spiro atoms. The first-order valence-electron chi connectivity index (χ1n) is 7.21. The molecule has 8 heteroatoms. The van der Waals surface area contributed by atoms with Crippen LogP contribution in [0.4, 0.5) is 5.69 Å². The predicted octanol–water partition coefficient (Wildman–Crippen LogP) is 3.20. The lowest BCUT2D eigenvalue weighted by Gasteiger charge is -2.04. The van der Waals surface area contributed by atoms with Crippen molar-refractivity contribution in [1.29, 1.82) is 0 Å². The van der Waals surface area contributed by atoms with Crippen LogP contribution in [0.15, 0.2) is 47.9 Å². The van der Waals surface area contributed by atoms with Gasteiger partial charge in [0.25, 0.3) is 0 Å². The second kappa shape index (κ2) is 7.80. The van der Waals surface area contributed by atoms with E-state index in [1.54, 1.807) is 30.3 Å². The van der Waals surface area contributed by atoms with Crippen molar-refractivity contribution in [3.63, 3.8) is 0 Å². The van der Waals surface area contributed by atoms with Crippen LogP contribution in [0.3, 0.4) is 0 Å². The quantitative estimate of drug-likeness (QED) is 0.554. The zero-order chi connectivity index (χ0) is 18.4. The molecule has 2 aromatic carbocycles. The minimum absolute atomic E-state index is 0.0692. The van der Waals surface area contributed by atoms with Gasteiger partial charge >= 0.3 is 5.69 Å². The van der Waals surface area contributed by atoms with Crippen molar-refractivity contribution in [3.05, 3.63) is 69.1 Å². The van der Waals surface area contributed by atoms with E-state index in [0.29, 0.717) is 11.3 Å². The summed E-state index contributed by atoms with van der Waals surface area (Å²) in [5.74, 6) is 0.481. The first-order valence-corrected chi connectivity index (χ1v) is 8.93. The molecule has 0 aliphatic carbocycles. The van der Waals surface area contributed by atoms with Crippen LogP contribution in [-0.2, 0) is 15.6 Å². The molecule has 0 aromatic heterocycles. The fourth-order valence-electron chi connectivity index (χ4n) is 2.21. The van der Waals surface area contributed by atoms with E-state index in [0.717, 1.165) is 5.41 Å². The van der Waals surface area contributed by atoms with Crippen molar-refractivity contribution < 1.29 is 22.8 Å². The van der Waals surface area contributed by atoms with Crippen molar-refractivity contribution in [1.82, 2.24) is 0 Å². The van der Waals surface area contributed by atoms with E-state index >= 15 is 0 Å². The van der Waals surface area contributed by atoms with E-state index in [1.807, 2.05) is 0 Å². The second-order valence-corrected chi connectivity index (χ2v) is 7.00. The maximum Gasteiger partial charge on any atom is 0.318 e. The van der Waals surface area contributed by atoms with Gasteiger partial charge in [0.15, 0.2) is 15.6 Å². The Morgan fingerprint density at radius 1 is 1.08 bits per heavy atom. The number of nitro groups is 1.